The van der Waals surface area contributed by atoms with E-state index >= 15 is 9.59 Å². The molecule has 5 aliphatic rings. The summed E-state index contributed by atoms with van der Waals surface area (Å²) < 4.78 is 57.8. The van der Waals surface area contributed by atoms with Gasteiger partial charge in [0.15, 0.2) is 11.5 Å². The van der Waals surface area contributed by atoms with E-state index in [1.165, 1.54) is 65.2 Å². The van der Waals surface area contributed by atoms with Crippen LogP contribution in [0.1, 0.15) is 90.7 Å². The molecule has 4 heterocycles. The van der Waals surface area contributed by atoms with E-state index in [1.807, 2.05) is 7.05 Å². The number of carbonyl (C=O) groups excluding carboxylic acids is 5. The molecule has 0 saturated carbocycles. The lowest BCUT2D eigenvalue weighted by molar-refractivity contribution is -0.160. The van der Waals surface area contributed by atoms with Crippen molar-refractivity contribution in [3.8, 4) is 11.5 Å². The first kappa shape index (κ1) is 52.4. The number of Topliss-reactive ketones (excluding diaryl/α,β-unsaturated/α-hetero) is 3. The molecule has 4 aliphatic heterocycles. The number of carbonyl (C=O) groups is 5. The monoisotopic (exact) mass is 974 g/mol. The molecule has 7 rings (SSSR count). The Morgan fingerprint density at radius 1 is 0.899 bits per heavy atom. The van der Waals surface area contributed by atoms with Gasteiger partial charge in [-0.3, -0.25) is 29.0 Å². The molecule has 0 radical (unpaired) electrons. The highest BCUT2D eigenvalue weighted by Gasteiger charge is 2.53. The Balaban J connectivity index is 1.57. The van der Waals surface area contributed by atoms with Crippen LogP contribution in [0.4, 0.5) is 0 Å². The number of nitrogens with one attached hydrogen (secondary N) is 1. The highest BCUT2D eigenvalue weighted by atomic mass is 32.2. The highest BCUT2D eigenvalue weighted by Crippen LogP contribution is 2.49. The minimum absolute atomic E-state index is 0.0528. The molecule has 1 aliphatic carbocycles. The fourth-order valence-electron chi connectivity index (χ4n) is 8.84. The molecule has 2 aromatic rings. The number of piperazine rings is 1. The van der Waals surface area contributed by atoms with Gasteiger partial charge in [-0.15, -0.1) is 0 Å². The summed E-state index contributed by atoms with van der Waals surface area (Å²) in [5.74, 6) is -10.3. The molecule has 1 fully saturated rings. The Labute approximate surface area is 402 Å². The second-order valence-electron chi connectivity index (χ2n) is 18.4. The first-order valence-corrected chi connectivity index (χ1v) is 24.2. The number of hydrazone groups is 1. The molecule has 2 aromatic carbocycles. The number of amides is 1. The van der Waals surface area contributed by atoms with E-state index in [9.17, 15) is 33.0 Å². The largest absolute Gasteiger partial charge is 0.462 e. The Hall–Kier alpha value is -5.99. The van der Waals surface area contributed by atoms with Crippen molar-refractivity contribution in [2.75, 3.05) is 40.3 Å². The maximum atomic E-state index is 15.2. The molecule has 18 nitrogen and oxygen atoms in total. The van der Waals surface area contributed by atoms with Crippen LogP contribution in [0.25, 0.3) is 0 Å². The van der Waals surface area contributed by atoms with Crippen molar-refractivity contribution < 1.29 is 65.7 Å². The van der Waals surface area contributed by atoms with Crippen LogP contribution < -0.4 is 14.2 Å². The van der Waals surface area contributed by atoms with Crippen LogP contribution in [-0.4, -0.2) is 135 Å². The maximum Gasteiger partial charge on any atom is 0.339 e. The van der Waals surface area contributed by atoms with Crippen molar-refractivity contribution in [3.63, 3.8) is 0 Å². The third-order valence-electron chi connectivity index (χ3n) is 13.3. The van der Waals surface area contributed by atoms with Gasteiger partial charge in [-0.25, -0.2) is 0 Å². The summed E-state index contributed by atoms with van der Waals surface area (Å²) in [6.07, 6.45) is 4.12. The molecule has 9 atom stereocenters. The van der Waals surface area contributed by atoms with E-state index in [2.05, 4.69) is 15.3 Å². The molecule has 3 N–H and O–H groups in total. The fraction of sp³-hybridized carbons (Fsp3) is 0.480. The van der Waals surface area contributed by atoms with Gasteiger partial charge in [0.25, 0.3) is 11.7 Å². The topological polar surface area (TPSA) is 237 Å². The summed E-state index contributed by atoms with van der Waals surface area (Å²) in [7, 11) is -1.40. The number of aryl methyl sites for hydroxylation is 1. The van der Waals surface area contributed by atoms with Crippen LogP contribution in [0.5, 0.6) is 11.5 Å². The van der Waals surface area contributed by atoms with E-state index in [0.717, 1.165) is 18.0 Å². The standard InChI is InChI=1S/C50H62N4O14S/c1-26-15-17-34(18-16-26)69(62,63)68-47-32(7)46-39-37-38(47)44(59)40(35(43(37)58)25-51-54-22-20-53(10)21-23-54)52-49(61)28(3)14-12-13-27(2)41(56)30(5)42(57)31(6)45(66-33(8)55)29(4)36(64-11)19-24-65-50(9,67-46)48(39)60/h12-19,24-25,27,29-31,36,41-42,45,56-57H,20-23H2,1-11H3,(H,52,61)/b13-12+,24-19+,28-14-,51-25+/t27-,29+,30+,31+,36-,41-,42+,45+,50-/m0/s1. The summed E-state index contributed by atoms with van der Waals surface area (Å²) in [5.41, 5.74) is -1.88. The number of rotatable bonds is 7. The van der Waals surface area contributed by atoms with Gasteiger partial charge in [-0.05, 0) is 46.0 Å². The number of allylic oxidation sites excluding steroid dienone is 4. The minimum Gasteiger partial charge on any atom is -0.462 e. The van der Waals surface area contributed by atoms with Gasteiger partial charge in [0.2, 0.25) is 5.78 Å². The zero-order valence-electron chi connectivity index (χ0n) is 40.8. The van der Waals surface area contributed by atoms with Gasteiger partial charge in [-0.2, -0.15) is 13.5 Å². The SMILES string of the molecule is CO[C@H]1/C=C/O[C@@]2(C)Oc3c(C)c(OS(=O)(=O)c4ccc(C)cc4)c4c(c3C2=O)C(=O)C(/C=N/N2CCN(C)CC2)=C(NC(=O)/C(C)=C\C=C\[C@H](C)[C@H](O)[C@@H](C)[C@@H](O)[C@@H](C)[C@H](OC(C)=O)[C@@H]1C)C4=O. The number of hydrogen-bond donors (Lipinski definition) is 3. The summed E-state index contributed by atoms with van der Waals surface area (Å²) in [6, 6.07) is 5.72. The van der Waals surface area contributed by atoms with Crippen LogP contribution in [0.2, 0.25) is 0 Å². The number of ketones is 3. The molecular formula is C50H62N4O14S. The zero-order valence-corrected chi connectivity index (χ0v) is 41.6. The first-order valence-electron chi connectivity index (χ1n) is 22.8. The second-order valence-corrected chi connectivity index (χ2v) is 20.0. The number of methoxy groups -OCH3 is 1. The predicted molar refractivity (Wildman–Crippen MR) is 253 cm³/mol. The van der Waals surface area contributed by atoms with Crippen LogP contribution in [0.15, 0.2) is 81.7 Å². The number of likely N-dealkylation sites (N-methyl/N-ethyl adjacent to an activating group) is 1. The first-order chi connectivity index (χ1) is 32.4. The molecule has 19 heteroatoms. The Kier molecular flexibility index (Phi) is 15.9. The van der Waals surface area contributed by atoms with Gasteiger partial charge < -0.3 is 43.6 Å². The van der Waals surface area contributed by atoms with Gasteiger partial charge >= 0.3 is 21.9 Å². The Morgan fingerprint density at radius 3 is 2.17 bits per heavy atom. The average molecular weight is 975 g/mol. The molecule has 1 amide bonds. The van der Waals surface area contributed by atoms with Crippen molar-refractivity contribution >= 4 is 45.6 Å². The van der Waals surface area contributed by atoms with Gasteiger partial charge in [0, 0.05) is 81.9 Å². The van der Waals surface area contributed by atoms with E-state index in [4.69, 9.17) is 23.1 Å². The van der Waals surface area contributed by atoms with Crippen molar-refractivity contribution in [3.05, 3.63) is 99.5 Å². The normalized spacial score (nSPS) is 30.3. The van der Waals surface area contributed by atoms with E-state index in [-0.39, 0.29) is 21.8 Å². The van der Waals surface area contributed by atoms with Gasteiger partial charge in [0.1, 0.15) is 22.4 Å². The number of aliphatic hydroxyl groups excluding tert-OH is 2. The number of benzene rings is 2. The number of hydrogen-bond acceptors (Lipinski definition) is 17. The molecule has 0 spiro atoms. The predicted octanol–water partition coefficient (Wildman–Crippen LogP) is 4.60. The van der Waals surface area contributed by atoms with Gasteiger partial charge in [0.05, 0.1) is 53.1 Å². The van der Waals surface area contributed by atoms with Crippen LogP contribution in [-0.2, 0) is 33.9 Å². The number of fused-ring (bicyclic) bond motifs is 14. The average Bonchev–Trinajstić information content (AvgIpc) is 3.57. The maximum absolute atomic E-state index is 15.2. The lowest BCUT2D eigenvalue weighted by Crippen LogP contribution is -2.46. The minimum atomic E-state index is -4.75. The molecule has 69 heavy (non-hydrogen) atoms. The lowest BCUT2D eigenvalue weighted by Gasteiger charge is -2.38. The van der Waals surface area contributed by atoms with Crippen molar-refractivity contribution in [1.82, 2.24) is 15.2 Å². The third kappa shape index (κ3) is 10.8. The lowest BCUT2D eigenvalue weighted by atomic mass is 9.78. The molecule has 5 bridgehead atoms. The fourth-order valence-corrected chi connectivity index (χ4v) is 9.84. The molecule has 0 unspecified atom stereocenters. The summed E-state index contributed by atoms with van der Waals surface area (Å²) in [6.45, 7) is 16.1. The Morgan fingerprint density at radius 2 is 1.55 bits per heavy atom. The molecular weight excluding hydrogens is 913 g/mol. The van der Waals surface area contributed by atoms with Crippen molar-refractivity contribution in [2.24, 2.45) is 28.8 Å². The molecule has 1 saturated heterocycles. The molecule has 0 aromatic heterocycles. The van der Waals surface area contributed by atoms with E-state index in [0.29, 0.717) is 26.2 Å². The smallest absolute Gasteiger partial charge is 0.339 e. The quantitative estimate of drug-likeness (QED) is 0.195. The zero-order chi connectivity index (χ0) is 50.9. The van der Waals surface area contributed by atoms with Crippen LogP contribution >= 0.6 is 0 Å². The summed E-state index contributed by atoms with van der Waals surface area (Å²) >= 11 is 0. The second kappa shape index (κ2) is 20.9. The highest BCUT2D eigenvalue weighted by molar-refractivity contribution is 7.87. The summed E-state index contributed by atoms with van der Waals surface area (Å²) in [4.78, 5) is 73.6. The van der Waals surface area contributed by atoms with Gasteiger partial charge in [-0.1, -0.05) is 63.6 Å². The Bertz CT molecular complexity index is 2650. The van der Waals surface area contributed by atoms with E-state index < -0.39 is 127 Å². The van der Waals surface area contributed by atoms with Crippen molar-refractivity contribution in [2.45, 2.75) is 97.4 Å². The van der Waals surface area contributed by atoms with Crippen LogP contribution in [0, 0.1) is 37.5 Å². The number of aliphatic hydroxyl groups is 2. The number of esters is 1. The van der Waals surface area contributed by atoms with Crippen LogP contribution in [0.3, 0.4) is 0 Å². The third-order valence-corrected chi connectivity index (χ3v) is 14.5. The van der Waals surface area contributed by atoms with Crippen molar-refractivity contribution in [1.29, 1.82) is 0 Å². The number of nitrogens with zero attached hydrogens (tertiary/aromatic N) is 3. The molecule has 372 valence electrons. The van der Waals surface area contributed by atoms with E-state index in [1.54, 1.807) is 57.8 Å². The number of ether oxygens (including phenoxy) is 4. The summed E-state index contributed by atoms with van der Waals surface area (Å²) in [5, 5.41) is 31.8.